The average molecular weight is 1630 g/mol. The Morgan fingerprint density at radius 2 is 0.525 bits per heavy atom. The molecule has 20 nitrogen and oxygen atoms in total. The van der Waals surface area contributed by atoms with E-state index >= 15 is 0 Å². The summed E-state index contributed by atoms with van der Waals surface area (Å²) in [4.78, 5) is 86.8. The van der Waals surface area contributed by atoms with Gasteiger partial charge in [0.15, 0.2) is 0 Å². The number of hydrogen-bond acceptors (Lipinski definition) is 13. The van der Waals surface area contributed by atoms with Crippen LogP contribution in [0.25, 0.3) is 54.5 Å². The maximum absolute atomic E-state index is 11.3. The zero-order chi connectivity index (χ0) is 83.4. The van der Waals surface area contributed by atoms with E-state index in [1.165, 1.54) is 157 Å². The molecular formula is C100H132N12O8. The number of H-pyrrole nitrogens is 5. The molecule has 120 heavy (non-hydrogen) atoms. The van der Waals surface area contributed by atoms with E-state index < -0.39 is 0 Å². The Hall–Kier alpha value is -9.05. The molecule has 0 bridgehead atoms. The van der Waals surface area contributed by atoms with Gasteiger partial charge in [-0.3, -0.25) is 48.5 Å². The van der Waals surface area contributed by atoms with E-state index in [-0.39, 0.29) is 29.7 Å². The van der Waals surface area contributed by atoms with Crippen LogP contribution < -0.4 is 10.6 Å². The second-order valence-corrected chi connectivity index (χ2v) is 37.1. The van der Waals surface area contributed by atoms with Crippen molar-refractivity contribution in [2.24, 2.45) is 29.6 Å². The molecule has 5 fully saturated rings. The van der Waals surface area contributed by atoms with Crippen LogP contribution in [0.5, 0.6) is 0 Å². The number of esters is 3. The second-order valence-electron chi connectivity index (χ2n) is 37.1. The molecule has 5 saturated heterocycles. The molecule has 20 rings (SSSR count). The van der Waals surface area contributed by atoms with Crippen molar-refractivity contribution in [1.29, 1.82) is 0 Å². The van der Waals surface area contributed by atoms with E-state index in [4.69, 9.17) is 14.2 Å². The second kappa shape index (κ2) is 37.7. The molecule has 20 heteroatoms. The first kappa shape index (κ1) is 84.6. The van der Waals surface area contributed by atoms with Gasteiger partial charge in [-0.15, -0.1) is 0 Å². The molecular weight excluding hydrogens is 1500 g/mol. The van der Waals surface area contributed by atoms with Gasteiger partial charge in [0, 0.05) is 243 Å². The lowest BCUT2D eigenvalue weighted by atomic mass is 9.72. The monoisotopic (exact) mass is 1630 g/mol. The van der Waals surface area contributed by atoms with Crippen LogP contribution in [0, 0.1) is 29.6 Å². The van der Waals surface area contributed by atoms with Gasteiger partial charge in [0.25, 0.3) is 0 Å². The average Bonchev–Trinajstić information content (AvgIpc) is 1.52. The number of carbonyl (C=O) groups is 5. The number of carbonyl (C=O) groups excluding carboxylic acids is 5. The number of nitrogens with one attached hydrogen (secondary N) is 7. The Bertz CT molecular complexity index is 4500. The highest BCUT2D eigenvalue weighted by Crippen LogP contribution is 2.51. The standard InChI is InChI=1S/2C20H27N3O.3C20H26N2O2/c2*1-3-7-23-12-14(10-21-13(2)24)8-17-16-5-4-6-18-20(16)15(11-22-18)9-19(17)23;3*1-3-7-22-11-14(12-24-13(2)23)8-17-16-5-4-6-18-20(16)15(10-21-18)9-19(17)22/h2*4-6,11,14,17,19,22H,3,7-10,12H2,1-2H3,(H,21,24);3*4-6,10,14,17,19,21H,3,7-9,11-12H2,1-2H3/t2*14-,17+,19+;3*14-,17-,19-/m00111/s1. The molecule has 0 spiro atoms. The van der Waals surface area contributed by atoms with E-state index in [1.807, 2.05) is 0 Å². The van der Waals surface area contributed by atoms with Gasteiger partial charge >= 0.3 is 17.9 Å². The van der Waals surface area contributed by atoms with Gasteiger partial charge in [0.05, 0.1) is 19.8 Å². The minimum Gasteiger partial charge on any atom is -0.466 e. The van der Waals surface area contributed by atoms with Crippen molar-refractivity contribution in [3.8, 4) is 0 Å². The summed E-state index contributed by atoms with van der Waals surface area (Å²) in [6.07, 6.45) is 28.2. The van der Waals surface area contributed by atoms with Crippen molar-refractivity contribution in [1.82, 2.24) is 60.1 Å². The number of likely N-dealkylation sites (tertiary alicyclic amines) is 5. The first-order valence-corrected chi connectivity index (χ1v) is 45.9. The van der Waals surface area contributed by atoms with Crippen LogP contribution in [0.1, 0.15) is 219 Å². The summed E-state index contributed by atoms with van der Waals surface area (Å²) >= 11 is 0. The summed E-state index contributed by atoms with van der Waals surface area (Å²) in [6.45, 7) is 33.2. The third-order valence-electron chi connectivity index (χ3n) is 28.7. The number of benzene rings is 5. The maximum Gasteiger partial charge on any atom is 0.302 e. The van der Waals surface area contributed by atoms with Crippen molar-refractivity contribution in [3.05, 3.63) is 178 Å². The van der Waals surface area contributed by atoms with E-state index in [1.54, 1.807) is 13.8 Å². The van der Waals surface area contributed by atoms with Crippen LogP contribution in [0.4, 0.5) is 0 Å². The zero-order valence-electron chi connectivity index (χ0n) is 72.9. The lowest BCUT2D eigenvalue weighted by Gasteiger charge is -2.47. The van der Waals surface area contributed by atoms with Crippen LogP contribution in [0.15, 0.2) is 122 Å². The molecule has 0 unspecified atom stereocenters. The summed E-state index contributed by atoms with van der Waals surface area (Å²) in [5.74, 6) is 4.80. The number of amides is 2. The third kappa shape index (κ3) is 18.0. The highest BCUT2D eigenvalue weighted by Gasteiger charge is 2.47. The van der Waals surface area contributed by atoms with Crippen molar-refractivity contribution >= 4 is 84.2 Å². The first-order valence-electron chi connectivity index (χ1n) is 45.9. The van der Waals surface area contributed by atoms with Gasteiger partial charge in [-0.25, -0.2) is 0 Å². The number of hydrogen-bond donors (Lipinski definition) is 7. The van der Waals surface area contributed by atoms with E-state index in [0.29, 0.717) is 109 Å². The summed E-state index contributed by atoms with van der Waals surface area (Å²) < 4.78 is 16.0. The molecule has 7 N–H and O–H groups in total. The summed E-state index contributed by atoms with van der Waals surface area (Å²) in [6, 6.07) is 36.2. The summed E-state index contributed by atoms with van der Waals surface area (Å²) in [5.41, 5.74) is 21.1. The third-order valence-corrected chi connectivity index (χ3v) is 28.7. The molecule has 5 aliphatic heterocycles. The smallest absolute Gasteiger partial charge is 0.302 e. The number of fused-ring (bicyclic) bond motifs is 10. The van der Waals surface area contributed by atoms with Crippen molar-refractivity contribution in [2.45, 2.75) is 225 Å². The van der Waals surface area contributed by atoms with Gasteiger partial charge in [-0.05, 0) is 227 Å². The van der Waals surface area contributed by atoms with Crippen LogP contribution in [0.3, 0.4) is 0 Å². The number of nitrogens with zero attached hydrogens (tertiary/aromatic N) is 5. The number of aromatic nitrogens is 5. The minimum atomic E-state index is -0.169. The normalized spacial score (nSPS) is 26.3. The van der Waals surface area contributed by atoms with Crippen LogP contribution in [-0.4, -0.2) is 208 Å². The fourth-order valence-corrected chi connectivity index (χ4v) is 24.2. The number of piperidine rings is 5. The SMILES string of the molecule is CCCN1C[C@H](CNC(C)=O)C[C@@H]2c3cccc4[nH]cc(c34)C[C@H]21.CCCN1C[C@H](CNC(C)=O)C[C@@H]2c3cccc4[nH]cc(c34)C[C@H]21.CCCN1C[C@H](COC(C)=O)C[C@@H]2c3cccc4[nH]cc(c34)C[C@H]21.CCCN1C[C@H](COC(C)=O)C[C@@H]2c3cccc4[nH]cc(c34)C[C@H]21.CCCN1C[C@H](COC(C)=O)C[C@@H]2c3cccc4[nH]cc(c34)C[C@H]21. The Balaban J connectivity index is 0.000000112. The van der Waals surface area contributed by atoms with E-state index in [2.05, 4.69) is 217 Å². The van der Waals surface area contributed by atoms with Crippen LogP contribution >= 0.6 is 0 Å². The molecule has 0 saturated carbocycles. The summed E-state index contributed by atoms with van der Waals surface area (Å²) in [5, 5.41) is 13.3. The fourth-order valence-electron chi connectivity index (χ4n) is 24.2. The summed E-state index contributed by atoms with van der Waals surface area (Å²) in [7, 11) is 0. The molecule has 10 aromatic rings. The predicted molar refractivity (Wildman–Crippen MR) is 480 cm³/mol. The molecule has 15 atom stereocenters. The topological polar surface area (TPSA) is 232 Å². The quantitative estimate of drug-likeness (QED) is 0.0278. The Labute approximate surface area is 709 Å². The van der Waals surface area contributed by atoms with Gasteiger partial charge < -0.3 is 49.8 Å². The van der Waals surface area contributed by atoms with Gasteiger partial charge in [-0.1, -0.05) is 95.3 Å². The molecule has 10 heterocycles. The van der Waals surface area contributed by atoms with Gasteiger partial charge in [0.2, 0.25) is 11.8 Å². The molecule has 2 amide bonds. The van der Waals surface area contributed by atoms with Crippen LogP contribution in [0.2, 0.25) is 0 Å². The van der Waals surface area contributed by atoms with Gasteiger partial charge in [-0.2, -0.15) is 0 Å². The van der Waals surface area contributed by atoms with Gasteiger partial charge in [0.1, 0.15) is 0 Å². The van der Waals surface area contributed by atoms with Crippen molar-refractivity contribution in [2.75, 3.05) is 98.4 Å². The molecule has 5 aromatic heterocycles. The number of aromatic amines is 5. The Kier molecular flexibility index (Phi) is 26.6. The van der Waals surface area contributed by atoms with Crippen molar-refractivity contribution in [3.63, 3.8) is 0 Å². The van der Waals surface area contributed by atoms with E-state index in [0.717, 1.165) is 149 Å². The lowest BCUT2D eigenvalue weighted by molar-refractivity contribution is -0.144. The molecule has 5 aromatic carbocycles. The molecule has 0 radical (unpaired) electrons. The highest BCUT2D eigenvalue weighted by atomic mass is 16.5. The highest BCUT2D eigenvalue weighted by molar-refractivity contribution is 5.92. The maximum atomic E-state index is 11.3. The lowest BCUT2D eigenvalue weighted by Crippen LogP contribution is -2.52. The van der Waals surface area contributed by atoms with Crippen molar-refractivity contribution < 1.29 is 38.2 Å². The molecule has 10 aliphatic rings. The Morgan fingerprint density at radius 1 is 0.317 bits per heavy atom. The fraction of sp³-hybridized carbons (Fsp3) is 0.550. The Morgan fingerprint density at radius 3 is 0.725 bits per heavy atom. The zero-order valence-corrected chi connectivity index (χ0v) is 72.9. The predicted octanol–water partition coefficient (Wildman–Crippen LogP) is 16.5. The molecule has 5 aliphatic carbocycles. The number of rotatable bonds is 20. The minimum absolute atomic E-state index is 0.0813. The van der Waals surface area contributed by atoms with Crippen LogP contribution in [-0.2, 0) is 70.3 Å². The largest absolute Gasteiger partial charge is 0.466 e. The molecule has 640 valence electrons. The number of ether oxygens (including phenoxy) is 3. The van der Waals surface area contributed by atoms with E-state index in [9.17, 15) is 24.0 Å². The first-order chi connectivity index (χ1) is 58.3.